The third-order valence-electron chi connectivity index (χ3n) is 5.34. The monoisotopic (exact) mass is 467 g/mol. The molecule has 4 rings (SSSR count). The Morgan fingerprint density at radius 3 is 2.47 bits per heavy atom. The molecule has 4 aromatic rings. The summed E-state index contributed by atoms with van der Waals surface area (Å²) in [5.41, 5.74) is 2.81. The number of rotatable bonds is 6. The van der Waals surface area contributed by atoms with Crippen LogP contribution in [0.4, 0.5) is 5.13 Å². The molecule has 9 heteroatoms. The zero-order chi connectivity index (χ0) is 23.0. The number of hydrogen-bond acceptors (Lipinski definition) is 7. The molecule has 0 aliphatic rings. The molecule has 3 heterocycles. The quantitative estimate of drug-likeness (QED) is 0.415. The molecule has 3 aromatic heterocycles. The second-order valence-electron chi connectivity index (χ2n) is 8.05. The smallest absolute Gasteiger partial charge is 0.263 e. The van der Waals surface area contributed by atoms with Gasteiger partial charge in [-0.2, -0.15) is 0 Å². The van der Waals surface area contributed by atoms with E-state index in [0.717, 1.165) is 26.6 Å². The molecule has 1 aromatic carbocycles. The van der Waals surface area contributed by atoms with Crippen molar-refractivity contribution in [3.05, 3.63) is 56.4 Å². The van der Waals surface area contributed by atoms with Crippen molar-refractivity contribution in [1.29, 1.82) is 0 Å². The highest BCUT2D eigenvalue weighted by atomic mass is 32.1. The molecule has 1 atom stereocenters. The number of anilines is 1. The standard InChI is InChI=1S/C23H25N5O2S2/c1-6-16(19(29)25-23-27-26-20(32-23)12(2)3)28-11-24-21-18(22(28)30)17(14(5)31-21)15-9-7-13(4)8-10-15/h7-12,16H,6H2,1-5H3,(H,25,27,29). The molecule has 1 N–H and O–H groups in total. The molecule has 0 spiro atoms. The van der Waals surface area contributed by atoms with Crippen LogP contribution in [0.5, 0.6) is 0 Å². The summed E-state index contributed by atoms with van der Waals surface area (Å²) >= 11 is 2.84. The SMILES string of the molecule is CCC(C(=O)Nc1nnc(C(C)C)s1)n1cnc2sc(C)c(-c3ccc(C)cc3)c2c1=O. The Morgan fingerprint density at radius 2 is 1.84 bits per heavy atom. The van der Waals surface area contributed by atoms with E-state index in [4.69, 9.17) is 0 Å². The maximum absolute atomic E-state index is 13.6. The van der Waals surface area contributed by atoms with E-state index in [1.54, 1.807) is 0 Å². The third kappa shape index (κ3) is 4.10. The van der Waals surface area contributed by atoms with Crippen LogP contribution in [0.3, 0.4) is 0 Å². The van der Waals surface area contributed by atoms with Crippen molar-refractivity contribution >= 4 is 43.9 Å². The molecule has 166 valence electrons. The molecule has 0 bridgehead atoms. The number of carbonyl (C=O) groups excluding carboxylic acids is 1. The number of nitrogens with one attached hydrogen (secondary N) is 1. The molecule has 0 fully saturated rings. The molecule has 1 unspecified atom stereocenters. The van der Waals surface area contributed by atoms with E-state index in [0.29, 0.717) is 21.8 Å². The van der Waals surface area contributed by atoms with Crippen LogP contribution in [-0.4, -0.2) is 25.7 Å². The van der Waals surface area contributed by atoms with Gasteiger partial charge in [0.1, 0.15) is 15.9 Å². The highest BCUT2D eigenvalue weighted by Crippen LogP contribution is 2.35. The lowest BCUT2D eigenvalue weighted by Gasteiger charge is -2.16. The number of benzene rings is 1. The second-order valence-corrected chi connectivity index (χ2v) is 10.3. The summed E-state index contributed by atoms with van der Waals surface area (Å²) in [6.07, 6.45) is 1.92. The molecule has 1 amide bonds. The van der Waals surface area contributed by atoms with Crippen molar-refractivity contribution in [1.82, 2.24) is 19.7 Å². The van der Waals surface area contributed by atoms with Crippen LogP contribution >= 0.6 is 22.7 Å². The van der Waals surface area contributed by atoms with Gasteiger partial charge in [0.2, 0.25) is 11.0 Å². The summed E-state index contributed by atoms with van der Waals surface area (Å²) in [4.78, 5) is 32.9. The van der Waals surface area contributed by atoms with Crippen molar-refractivity contribution in [2.45, 2.75) is 53.0 Å². The molecule has 32 heavy (non-hydrogen) atoms. The number of carbonyl (C=O) groups is 1. The average molecular weight is 468 g/mol. The molecular weight excluding hydrogens is 442 g/mol. The fourth-order valence-corrected chi connectivity index (χ4v) is 5.37. The van der Waals surface area contributed by atoms with E-state index in [1.807, 2.05) is 58.9 Å². The number of aryl methyl sites for hydroxylation is 2. The Bertz CT molecular complexity index is 1330. The first kappa shape index (κ1) is 22.3. The van der Waals surface area contributed by atoms with Crippen LogP contribution < -0.4 is 10.9 Å². The molecule has 0 saturated heterocycles. The minimum Gasteiger partial charge on any atom is -0.299 e. The topological polar surface area (TPSA) is 89.8 Å². The Balaban J connectivity index is 1.74. The van der Waals surface area contributed by atoms with Gasteiger partial charge >= 0.3 is 0 Å². The van der Waals surface area contributed by atoms with Gasteiger partial charge in [0.15, 0.2) is 0 Å². The van der Waals surface area contributed by atoms with Crippen LogP contribution in [0.15, 0.2) is 35.4 Å². The van der Waals surface area contributed by atoms with E-state index in [1.165, 1.54) is 33.6 Å². The Hall–Kier alpha value is -2.91. The summed E-state index contributed by atoms with van der Waals surface area (Å²) in [5.74, 6) is -0.0672. The highest BCUT2D eigenvalue weighted by Gasteiger charge is 2.25. The zero-order valence-corrected chi connectivity index (χ0v) is 20.3. The number of nitrogens with zero attached hydrogens (tertiary/aromatic N) is 4. The maximum Gasteiger partial charge on any atom is 0.263 e. The van der Waals surface area contributed by atoms with Crippen LogP contribution in [0.25, 0.3) is 21.3 Å². The number of hydrogen-bond donors (Lipinski definition) is 1. The number of amides is 1. The first-order valence-corrected chi connectivity index (χ1v) is 12.1. The van der Waals surface area contributed by atoms with E-state index >= 15 is 0 Å². The first-order valence-electron chi connectivity index (χ1n) is 10.5. The molecular formula is C23H25N5O2S2. The van der Waals surface area contributed by atoms with E-state index in [-0.39, 0.29) is 17.4 Å². The number of fused-ring (bicyclic) bond motifs is 1. The molecule has 0 aliphatic carbocycles. The van der Waals surface area contributed by atoms with E-state index in [2.05, 4.69) is 20.5 Å². The van der Waals surface area contributed by atoms with E-state index < -0.39 is 6.04 Å². The van der Waals surface area contributed by atoms with Gasteiger partial charge in [-0.25, -0.2) is 4.98 Å². The van der Waals surface area contributed by atoms with Gasteiger partial charge in [0.05, 0.1) is 11.7 Å². The van der Waals surface area contributed by atoms with Crippen molar-refractivity contribution < 1.29 is 4.79 Å². The summed E-state index contributed by atoms with van der Waals surface area (Å²) in [5, 5.41) is 12.8. The van der Waals surface area contributed by atoms with Crippen molar-refractivity contribution in [3.8, 4) is 11.1 Å². The van der Waals surface area contributed by atoms with Crippen molar-refractivity contribution in [2.75, 3.05) is 5.32 Å². The van der Waals surface area contributed by atoms with Crippen molar-refractivity contribution in [3.63, 3.8) is 0 Å². The van der Waals surface area contributed by atoms with Crippen LogP contribution in [0.2, 0.25) is 0 Å². The van der Waals surface area contributed by atoms with Gasteiger partial charge in [0.25, 0.3) is 5.56 Å². The Morgan fingerprint density at radius 1 is 1.12 bits per heavy atom. The summed E-state index contributed by atoms with van der Waals surface area (Å²) < 4.78 is 1.44. The first-order chi connectivity index (χ1) is 15.3. The third-order valence-corrected chi connectivity index (χ3v) is 7.50. The molecule has 0 radical (unpaired) electrons. The lowest BCUT2D eigenvalue weighted by molar-refractivity contribution is -0.119. The number of thiophene rings is 1. The van der Waals surface area contributed by atoms with Crippen LogP contribution in [0, 0.1) is 13.8 Å². The number of aromatic nitrogens is 4. The average Bonchev–Trinajstić information content (AvgIpc) is 3.35. The predicted octanol–water partition coefficient (Wildman–Crippen LogP) is 5.31. The van der Waals surface area contributed by atoms with Crippen LogP contribution in [-0.2, 0) is 4.79 Å². The summed E-state index contributed by atoms with van der Waals surface area (Å²) in [6.45, 7) is 9.95. The minimum absolute atomic E-state index is 0.211. The van der Waals surface area contributed by atoms with Gasteiger partial charge in [-0.15, -0.1) is 21.5 Å². The molecule has 0 aliphatic heterocycles. The second kappa shape index (κ2) is 8.91. The maximum atomic E-state index is 13.6. The van der Waals surface area contributed by atoms with Gasteiger partial charge in [-0.3, -0.25) is 19.5 Å². The van der Waals surface area contributed by atoms with Gasteiger partial charge in [0, 0.05) is 16.4 Å². The van der Waals surface area contributed by atoms with Gasteiger partial charge in [-0.05, 0) is 25.8 Å². The largest absolute Gasteiger partial charge is 0.299 e. The molecule has 7 nitrogen and oxygen atoms in total. The zero-order valence-electron chi connectivity index (χ0n) is 18.7. The minimum atomic E-state index is -0.697. The Kier molecular flexibility index (Phi) is 6.21. The lowest BCUT2D eigenvalue weighted by Crippen LogP contribution is -2.33. The van der Waals surface area contributed by atoms with Gasteiger partial charge < -0.3 is 0 Å². The summed E-state index contributed by atoms with van der Waals surface area (Å²) in [6, 6.07) is 7.40. The lowest BCUT2D eigenvalue weighted by atomic mass is 10.0. The van der Waals surface area contributed by atoms with E-state index in [9.17, 15) is 9.59 Å². The fourth-order valence-electron chi connectivity index (χ4n) is 3.62. The fraction of sp³-hybridized carbons (Fsp3) is 0.348. The molecule has 0 saturated carbocycles. The Labute approximate surface area is 194 Å². The van der Waals surface area contributed by atoms with Crippen molar-refractivity contribution in [2.24, 2.45) is 0 Å². The van der Waals surface area contributed by atoms with Crippen LogP contribution in [0.1, 0.15) is 54.6 Å². The predicted molar refractivity (Wildman–Crippen MR) is 131 cm³/mol. The normalized spacial score (nSPS) is 12.4. The highest BCUT2D eigenvalue weighted by molar-refractivity contribution is 7.19. The van der Waals surface area contributed by atoms with Gasteiger partial charge in [-0.1, -0.05) is 61.9 Å². The summed E-state index contributed by atoms with van der Waals surface area (Å²) in [7, 11) is 0.